The third-order valence-corrected chi connectivity index (χ3v) is 4.12. The van der Waals surface area contributed by atoms with Gasteiger partial charge in [-0.05, 0) is 55.0 Å². The average molecular weight is 443 g/mol. The maximum absolute atomic E-state index is 12.0. The zero-order valence-electron chi connectivity index (χ0n) is 18.3. The van der Waals surface area contributed by atoms with Crippen molar-refractivity contribution in [1.82, 2.24) is 0 Å². The van der Waals surface area contributed by atoms with Gasteiger partial charge in [0.15, 0.2) is 18.1 Å². The molecule has 9 heteroatoms. The van der Waals surface area contributed by atoms with Crippen LogP contribution in [0.25, 0.3) is 6.08 Å². The van der Waals surface area contributed by atoms with Gasteiger partial charge < -0.3 is 29.0 Å². The van der Waals surface area contributed by atoms with Crippen molar-refractivity contribution in [3.63, 3.8) is 0 Å². The lowest BCUT2D eigenvalue weighted by Crippen LogP contribution is -2.20. The van der Waals surface area contributed by atoms with Gasteiger partial charge in [0.1, 0.15) is 0 Å². The third-order valence-electron chi connectivity index (χ3n) is 4.12. The number of methoxy groups -OCH3 is 3. The van der Waals surface area contributed by atoms with E-state index >= 15 is 0 Å². The smallest absolute Gasteiger partial charge is 0.338 e. The lowest BCUT2D eigenvalue weighted by atomic mass is 10.1. The van der Waals surface area contributed by atoms with Gasteiger partial charge in [-0.15, -0.1) is 0 Å². The standard InChI is InChI=1S/C23H25NO8/c1-5-31-23(27)16-7-9-17(10-8-16)24-20(25)14-32-21(26)11-6-15-12-18(28-2)22(30-4)19(13-15)29-3/h6-13H,5,14H2,1-4H3,(H,24,25). The molecule has 1 amide bonds. The van der Waals surface area contributed by atoms with E-state index in [1.807, 2.05) is 0 Å². The van der Waals surface area contributed by atoms with Gasteiger partial charge in [0.05, 0.1) is 33.5 Å². The number of ether oxygens (including phenoxy) is 5. The molecule has 2 aromatic carbocycles. The molecule has 1 N–H and O–H groups in total. The van der Waals surface area contributed by atoms with E-state index < -0.39 is 24.5 Å². The third kappa shape index (κ3) is 6.76. The highest BCUT2D eigenvalue weighted by molar-refractivity contribution is 5.95. The van der Waals surface area contributed by atoms with Crippen LogP contribution in [-0.2, 0) is 19.1 Å². The molecule has 0 heterocycles. The Labute approximate surface area is 185 Å². The molecule has 0 fully saturated rings. The van der Waals surface area contributed by atoms with Crippen molar-refractivity contribution in [3.8, 4) is 17.2 Å². The second-order valence-corrected chi connectivity index (χ2v) is 6.25. The maximum atomic E-state index is 12.0. The molecule has 0 unspecified atom stereocenters. The molecule has 0 aliphatic rings. The minimum absolute atomic E-state index is 0.274. The van der Waals surface area contributed by atoms with Gasteiger partial charge in [-0.3, -0.25) is 4.79 Å². The molecule has 0 saturated heterocycles. The summed E-state index contributed by atoms with van der Waals surface area (Å²) >= 11 is 0. The number of amides is 1. The largest absolute Gasteiger partial charge is 0.493 e. The highest BCUT2D eigenvalue weighted by atomic mass is 16.5. The van der Waals surface area contributed by atoms with Crippen LogP contribution in [0.1, 0.15) is 22.8 Å². The fourth-order valence-electron chi connectivity index (χ4n) is 2.65. The summed E-state index contributed by atoms with van der Waals surface area (Å²) in [7, 11) is 4.47. The molecule has 0 bridgehead atoms. The van der Waals surface area contributed by atoms with E-state index in [1.54, 1.807) is 31.2 Å². The van der Waals surface area contributed by atoms with Gasteiger partial charge in [0.25, 0.3) is 5.91 Å². The Hall–Kier alpha value is -4.01. The minimum Gasteiger partial charge on any atom is -0.493 e. The van der Waals surface area contributed by atoms with Crippen molar-refractivity contribution in [3.05, 3.63) is 53.6 Å². The number of benzene rings is 2. The Bertz CT molecular complexity index is 957. The molecular formula is C23H25NO8. The number of rotatable bonds is 10. The van der Waals surface area contributed by atoms with E-state index in [1.165, 1.54) is 45.6 Å². The lowest BCUT2D eigenvalue weighted by molar-refractivity contribution is -0.142. The molecule has 0 atom stereocenters. The summed E-state index contributed by atoms with van der Waals surface area (Å²) in [5.74, 6) is -0.365. The molecule has 9 nitrogen and oxygen atoms in total. The van der Waals surface area contributed by atoms with Gasteiger partial charge in [-0.25, -0.2) is 9.59 Å². The molecule has 0 aliphatic carbocycles. The highest BCUT2D eigenvalue weighted by Crippen LogP contribution is 2.38. The average Bonchev–Trinajstić information content (AvgIpc) is 2.81. The summed E-state index contributed by atoms with van der Waals surface area (Å²) in [6.07, 6.45) is 2.68. The topological polar surface area (TPSA) is 109 Å². The van der Waals surface area contributed by atoms with Gasteiger partial charge in [0, 0.05) is 11.8 Å². The van der Waals surface area contributed by atoms with E-state index in [4.69, 9.17) is 23.7 Å². The number of hydrogen-bond donors (Lipinski definition) is 1. The van der Waals surface area contributed by atoms with Crippen molar-refractivity contribution in [2.24, 2.45) is 0 Å². The van der Waals surface area contributed by atoms with Crippen molar-refractivity contribution in [2.45, 2.75) is 6.92 Å². The molecule has 32 heavy (non-hydrogen) atoms. The van der Waals surface area contributed by atoms with Crippen LogP contribution in [0.5, 0.6) is 17.2 Å². The monoisotopic (exact) mass is 443 g/mol. The number of carbonyl (C=O) groups is 3. The Morgan fingerprint density at radius 1 is 0.906 bits per heavy atom. The van der Waals surface area contributed by atoms with Crippen LogP contribution >= 0.6 is 0 Å². The Kier molecular flexibility index (Phi) is 9.09. The Morgan fingerprint density at radius 3 is 2.06 bits per heavy atom. The van der Waals surface area contributed by atoms with Crippen LogP contribution in [-0.4, -0.2) is 52.4 Å². The van der Waals surface area contributed by atoms with Crippen LogP contribution in [0, 0.1) is 0 Å². The SMILES string of the molecule is CCOC(=O)c1ccc(NC(=O)COC(=O)C=Cc2cc(OC)c(OC)c(OC)c2)cc1. The van der Waals surface area contributed by atoms with Crippen LogP contribution in [0.2, 0.25) is 0 Å². The predicted molar refractivity (Wildman–Crippen MR) is 117 cm³/mol. The molecule has 0 radical (unpaired) electrons. The lowest BCUT2D eigenvalue weighted by Gasteiger charge is -2.12. The summed E-state index contributed by atoms with van der Waals surface area (Å²) in [6, 6.07) is 9.49. The quantitative estimate of drug-likeness (QED) is 0.441. The van der Waals surface area contributed by atoms with Crippen LogP contribution in [0.4, 0.5) is 5.69 Å². The first-order valence-corrected chi connectivity index (χ1v) is 9.63. The van der Waals surface area contributed by atoms with E-state index in [-0.39, 0.29) is 6.61 Å². The zero-order chi connectivity index (χ0) is 23.5. The maximum Gasteiger partial charge on any atom is 0.338 e. The number of esters is 2. The number of anilines is 1. The Balaban J connectivity index is 1.90. The second kappa shape index (κ2) is 12.0. The first-order chi connectivity index (χ1) is 15.4. The van der Waals surface area contributed by atoms with E-state index in [2.05, 4.69) is 5.32 Å². The zero-order valence-corrected chi connectivity index (χ0v) is 18.3. The first-order valence-electron chi connectivity index (χ1n) is 9.63. The van der Waals surface area contributed by atoms with Gasteiger partial charge in [0.2, 0.25) is 5.75 Å². The van der Waals surface area contributed by atoms with Crippen molar-refractivity contribution >= 4 is 29.6 Å². The second-order valence-electron chi connectivity index (χ2n) is 6.25. The summed E-state index contributed by atoms with van der Waals surface area (Å²) in [5.41, 5.74) is 1.43. The molecule has 0 spiro atoms. The summed E-state index contributed by atoms with van der Waals surface area (Å²) in [4.78, 5) is 35.6. The van der Waals surface area contributed by atoms with Gasteiger partial charge in [-0.2, -0.15) is 0 Å². The summed E-state index contributed by atoms with van der Waals surface area (Å²) in [5, 5.41) is 2.57. The molecule has 0 saturated carbocycles. The molecule has 0 aromatic heterocycles. The van der Waals surface area contributed by atoms with Crippen LogP contribution < -0.4 is 19.5 Å². The van der Waals surface area contributed by atoms with Crippen LogP contribution in [0.3, 0.4) is 0 Å². The fourth-order valence-corrected chi connectivity index (χ4v) is 2.65. The molecular weight excluding hydrogens is 418 g/mol. The van der Waals surface area contributed by atoms with Crippen molar-refractivity contribution in [2.75, 3.05) is 39.9 Å². The molecule has 170 valence electrons. The van der Waals surface area contributed by atoms with Gasteiger partial charge >= 0.3 is 11.9 Å². The number of nitrogens with one attached hydrogen (secondary N) is 1. The number of hydrogen-bond acceptors (Lipinski definition) is 8. The van der Waals surface area contributed by atoms with E-state index in [9.17, 15) is 14.4 Å². The van der Waals surface area contributed by atoms with E-state index in [0.717, 1.165) is 0 Å². The normalized spacial score (nSPS) is 10.4. The Morgan fingerprint density at radius 2 is 1.53 bits per heavy atom. The van der Waals surface area contributed by atoms with E-state index in [0.29, 0.717) is 34.1 Å². The number of carbonyl (C=O) groups excluding carboxylic acids is 3. The molecule has 2 rings (SSSR count). The molecule has 0 aliphatic heterocycles. The first kappa shape index (κ1) is 24.3. The summed E-state index contributed by atoms with van der Waals surface area (Å²) < 4.78 is 25.6. The van der Waals surface area contributed by atoms with Gasteiger partial charge in [-0.1, -0.05) is 0 Å². The van der Waals surface area contributed by atoms with Crippen LogP contribution in [0.15, 0.2) is 42.5 Å². The minimum atomic E-state index is -0.702. The summed E-state index contributed by atoms with van der Waals surface area (Å²) in [6.45, 7) is 1.52. The predicted octanol–water partition coefficient (Wildman–Crippen LogP) is 3.08. The highest BCUT2D eigenvalue weighted by Gasteiger charge is 2.13. The fraction of sp³-hybridized carbons (Fsp3) is 0.261. The van der Waals surface area contributed by atoms with Crippen molar-refractivity contribution in [1.29, 1.82) is 0 Å². The van der Waals surface area contributed by atoms with Crippen molar-refractivity contribution < 1.29 is 38.1 Å². The molecule has 2 aromatic rings.